The molecule has 0 atom stereocenters. The Kier molecular flexibility index (Phi) is 5.03. The molecule has 0 unspecified atom stereocenters. The minimum Gasteiger partial charge on any atom is -0.351 e. The Morgan fingerprint density at radius 2 is 1.96 bits per heavy atom. The van der Waals surface area contributed by atoms with Gasteiger partial charge in [0, 0.05) is 24.5 Å². The van der Waals surface area contributed by atoms with E-state index in [-0.39, 0.29) is 5.91 Å². The first-order valence-electron chi connectivity index (χ1n) is 7.90. The third-order valence-electron chi connectivity index (χ3n) is 4.09. The molecule has 2 aromatic carbocycles. The third kappa shape index (κ3) is 4.15. The number of hydrogen-bond acceptors (Lipinski definition) is 3. The summed E-state index contributed by atoms with van der Waals surface area (Å²) >= 11 is 1.60. The SMILES string of the molecule is Cc1ccc(C)c(SCC(=O)NCc2ccc3c(c2)CNC3)c1. The smallest absolute Gasteiger partial charge is 0.230 e. The Morgan fingerprint density at radius 3 is 2.83 bits per heavy atom. The van der Waals surface area contributed by atoms with Crippen molar-refractivity contribution in [1.82, 2.24) is 10.6 Å². The van der Waals surface area contributed by atoms with Crippen molar-refractivity contribution in [2.45, 2.75) is 38.4 Å². The molecule has 0 saturated carbocycles. The van der Waals surface area contributed by atoms with Crippen molar-refractivity contribution in [3.63, 3.8) is 0 Å². The van der Waals surface area contributed by atoms with Gasteiger partial charge in [-0.3, -0.25) is 4.79 Å². The van der Waals surface area contributed by atoms with E-state index in [1.807, 2.05) is 0 Å². The Bertz CT molecular complexity index is 727. The molecule has 0 spiro atoms. The lowest BCUT2D eigenvalue weighted by Gasteiger charge is -2.09. The van der Waals surface area contributed by atoms with Gasteiger partial charge >= 0.3 is 0 Å². The zero-order chi connectivity index (χ0) is 16.2. The van der Waals surface area contributed by atoms with Crippen LogP contribution in [0, 0.1) is 13.8 Å². The van der Waals surface area contributed by atoms with E-state index in [0.717, 1.165) is 18.7 Å². The summed E-state index contributed by atoms with van der Waals surface area (Å²) in [4.78, 5) is 13.3. The quantitative estimate of drug-likeness (QED) is 0.828. The van der Waals surface area contributed by atoms with Gasteiger partial charge in [0.05, 0.1) is 5.75 Å². The fourth-order valence-corrected chi connectivity index (χ4v) is 3.67. The molecule has 1 aliphatic heterocycles. The first-order valence-corrected chi connectivity index (χ1v) is 8.88. The molecule has 3 rings (SSSR count). The summed E-state index contributed by atoms with van der Waals surface area (Å²) in [6.07, 6.45) is 0. The van der Waals surface area contributed by atoms with Gasteiger partial charge in [-0.15, -0.1) is 11.8 Å². The van der Waals surface area contributed by atoms with E-state index in [4.69, 9.17) is 0 Å². The predicted molar refractivity (Wildman–Crippen MR) is 95.5 cm³/mol. The number of carbonyl (C=O) groups is 1. The van der Waals surface area contributed by atoms with Crippen LogP contribution >= 0.6 is 11.8 Å². The fourth-order valence-electron chi connectivity index (χ4n) is 2.72. The van der Waals surface area contributed by atoms with Crippen molar-refractivity contribution in [3.8, 4) is 0 Å². The maximum absolute atomic E-state index is 12.1. The lowest BCUT2D eigenvalue weighted by molar-refractivity contribution is -0.118. The Hall–Kier alpha value is -1.78. The minimum absolute atomic E-state index is 0.0783. The van der Waals surface area contributed by atoms with E-state index >= 15 is 0 Å². The third-order valence-corrected chi connectivity index (χ3v) is 5.25. The molecular weight excluding hydrogens is 304 g/mol. The molecule has 1 heterocycles. The first kappa shape index (κ1) is 16.1. The zero-order valence-electron chi connectivity index (χ0n) is 13.6. The molecule has 2 aromatic rings. The molecule has 1 amide bonds. The van der Waals surface area contributed by atoms with E-state index in [2.05, 4.69) is 60.9 Å². The maximum atomic E-state index is 12.1. The lowest BCUT2D eigenvalue weighted by Crippen LogP contribution is -2.24. The van der Waals surface area contributed by atoms with Crippen molar-refractivity contribution >= 4 is 17.7 Å². The highest BCUT2D eigenvalue weighted by Crippen LogP contribution is 2.23. The molecule has 0 fully saturated rings. The number of amides is 1. The van der Waals surface area contributed by atoms with Gasteiger partial charge in [0.15, 0.2) is 0 Å². The summed E-state index contributed by atoms with van der Waals surface area (Å²) in [5.41, 5.74) is 6.33. The molecular formula is C19H22N2OS. The number of aryl methyl sites for hydroxylation is 2. The lowest BCUT2D eigenvalue weighted by atomic mass is 10.1. The van der Waals surface area contributed by atoms with Crippen LogP contribution in [0.2, 0.25) is 0 Å². The van der Waals surface area contributed by atoms with Gasteiger partial charge in [0.2, 0.25) is 5.91 Å². The van der Waals surface area contributed by atoms with Crippen LogP contribution in [0.15, 0.2) is 41.3 Å². The Balaban J connectivity index is 1.51. The number of fused-ring (bicyclic) bond motifs is 1. The second-order valence-electron chi connectivity index (χ2n) is 6.04. The van der Waals surface area contributed by atoms with E-state index in [1.54, 1.807) is 11.8 Å². The summed E-state index contributed by atoms with van der Waals surface area (Å²) in [5.74, 6) is 0.533. The van der Waals surface area contributed by atoms with Gasteiger partial charge < -0.3 is 10.6 Å². The topological polar surface area (TPSA) is 41.1 Å². The summed E-state index contributed by atoms with van der Waals surface area (Å²) in [7, 11) is 0. The number of benzene rings is 2. The van der Waals surface area contributed by atoms with Crippen LogP contribution < -0.4 is 10.6 Å². The summed E-state index contributed by atoms with van der Waals surface area (Å²) in [6.45, 7) is 6.64. The molecule has 2 N–H and O–H groups in total. The van der Waals surface area contributed by atoms with Crippen LogP contribution in [0.25, 0.3) is 0 Å². The van der Waals surface area contributed by atoms with Gasteiger partial charge in [0.1, 0.15) is 0 Å². The van der Waals surface area contributed by atoms with Crippen molar-refractivity contribution in [1.29, 1.82) is 0 Å². The Morgan fingerprint density at radius 1 is 1.13 bits per heavy atom. The average Bonchev–Trinajstić information content (AvgIpc) is 3.01. The average molecular weight is 326 g/mol. The number of carbonyl (C=O) groups excluding carboxylic acids is 1. The second-order valence-corrected chi connectivity index (χ2v) is 7.06. The second kappa shape index (κ2) is 7.20. The summed E-state index contributed by atoms with van der Waals surface area (Å²) < 4.78 is 0. The van der Waals surface area contributed by atoms with E-state index in [0.29, 0.717) is 12.3 Å². The fraction of sp³-hybridized carbons (Fsp3) is 0.316. The van der Waals surface area contributed by atoms with Crippen LogP contribution in [-0.4, -0.2) is 11.7 Å². The predicted octanol–water partition coefficient (Wildman–Crippen LogP) is 3.32. The largest absolute Gasteiger partial charge is 0.351 e. The molecule has 23 heavy (non-hydrogen) atoms. The van der Waals surface area contributed by atoms with Crippen LogP contribution in [0.4, 0.5) is 0 Å². The van der Waals surface area contributed by atoms with Crippen molar-refractivity contribution in [2.75, 3.05) is 5.75 Å². The monoisotopic (exact) mass is 326 g/mol. The number of nitrogens with one attached hydrogen (secondary N) is 2. The highest BCUT2D eigenvalue weighted by molar-refractivity contribution is 8.00. The van der Waals surface area contributed by atoms with Gasteiger partial charge in [-0.1, -0.05) is 35.9 Å². The van der Waals surface area contributed by atoms with E-state index in [1.165, 1.54) is 27.1 Å². The summed E-state index contributed by atoms with van der Waals surface area (Å²) in [5, 5.41) is 6.35. The first-order chi connectivity index (χ1) is 11.1. The number of rotatable bonds is 5. The molecule has 0 aliphatic carbocycles. The molecule has 0 radical (unpaired) electrons. The van der Waals surface area contributed by atoms with Crippen molar-refractivity contribution in [2.24, 2.45) is 0 Å². The standard InChI is InChI=1S/C19H22N2OS/c1-13-3-4-14(2)18(7-13)23-12-19(22)21-9-15-5-6-16-10-20-11-17(16)8-15/h3-8,20H,9-12H2,1-2H3,(H,21,22). The van der Waals surface area contributed by atoms with E-state index in [9.17, 15) is 4.79 Å². The van der Waals surface area contributed by atoms with Crippen LogP contribution in [0.3, 0.4) is 0 Å². The number of thioether (sulfide) groups is 1. The van der Waals surface area contributed by atoms with Crippen LogP contribution in [-0.2, 0) is 24.4 Å². The van der Waals surface area contributed by atoms with Crippen LogP contribution in [0.5, 0.6) is 0 Å². The summed E-state index contributed by atoms with van der Waals surface area (Å²) in [6, 6.07) is 12.8. The maximum Gasteiger partial charge on any atom is 0.230 e. The number of hydrogen-bond donors (Lipinski definition) is 2. The molecule has 3 nitrogen and oxygen atoms in total. The molecule has 0 bridgehead atoms. The normalized spacial score (nSPS) is 13.0. The van der Waals surface area contributed by atoms with Crippen LogP contribution in [0.1, 0.15) is 27.8 Å². The van der Waals surface area contributed by atoms with Crippen molar-refractivity contribution < 1.29 is 4.79 Å². The zero-order valence-corrected chi connectivity index (χ0v) is 14.4. The highest BCUT2D eigenvalue weighted by atomic mass is 32.2. The molecule has 4 heteroatoms. The van der Waals surface area contributed by atoms with Gasteiger partial charge in [0.25, 0.3) is 0 Å². The molecule has 120 valence electrons. The Labute approximate surface area is 141 Å². The van der Waals surface area contributed by atoms with E-state index < -0.39 is 0 Å². The molecule has 0 aromatic heterocycles. The van der Waals surface area contributed by atoms with Gasteiger partial charge in [-0.2, -0.15) is 0 Å². The molecule has 1 aliphatic rings. The minimum atomic E-state index is 0.0783. The van der Waals surface area contributed by atoms with Gasteiger partial charge in [-0.05, 0) is 42.2 Å². The van der Waals surface area contributed by atoms with Crippen molar-refractivity contribution in [3.05, 3.63) is 64.2 Å². The molecule has 0 saturated heterocycles. The highest BCUT2D eigenvalue weighted by Gasteiger charge is 2.10. The van der Waals surface area contributed by atoms with Gasteiger partial charge in [-0.25, -0.2) is 0 Å².